The largest absolute Gasteiger partial charge is 0.256 e. The third-order valence-corrected chi connectivity index (χ3v) is 6.42. The fourth-order valence-corrected chi connectivity index (χ4v) is 4.52. The number of para-hydroxylation sites is 1. The molecule has 4 nitrogen and oxygen atoms in total. The Morgan fingerprint density at radius 1 is 1.16 bits per heavy atom. The fraction of sp³-hybridized carbons (Fsp3) is 0.211. The Morgan fingerprint density at radius 2 is 1.96 bits per heavy atom. The first kappa shape index (κ1) is 17.6. The summed E-state index contributed by atoms with van der Waals surface area (Å²) in [6, 6.07) is 12.9. The second-order valence-corrected chi connectivity index (χ2v) is 8.93. The van der Waals surface area contributed by atoms with E-state index in [2.05, 4.69) is 21.5 Å². The van der Waals surface area contributed by atoms with E-state index in [1.807, 2.05) is 44.2 Å². The topological polar surface area (TPSA) is 59.1 Å². The highest BCUT2D eigenvalue weighted by Crippen LogP contribution is 2.22. The Labute approximate surface area is 152 Å². The first-order chi connectivity index (χ1) is 12.0. The van der Waals surface area contributed by atoms with E-state index in [0.717, 1.165) is 21.3 Å². The Morgan fingerprint density at radius 3 is 2.76 bits per heavy atom. The van der Waals surface area contributed by atoms with E-state index in [1.165, 1.54) is 11.3 Å². The van der Waals surface area contributed by atoms with E-state index in [0.29, 0.717) is 0 Å². The van der Waals surface area contributed by atoms with Crippen molar-refractivity contribution in [2.75, 3.05) is 0 Å². The molecule has 0 atom stereocenters. The zero-order chi connectivity index (χ0) is 17.9. The van der Waals surface area contributed by atoms with Crippen LogP contribution in [-0.2, 0) is 16.6 Å². The fourth-order valence-electron chi connectivity index (χ4n) is 2.30. The van der Waals surface area contributed by atoms with Crippen LogP contribution in [0.15, 0.2) is 52.9 Å². The number of sulfonamides is 1. The van der Waals surface area contributed by atoms with Crippen LogP contribution in [0.3, 0.4) is 0 Å². The van der Waals surface area contributed by atoms with Crippen molar-refractivity contribution in [2.45, 2.75) is 24.6 Å². The standard InChI is InChI=1S/C19H18N2O2S2/c1-14(2)7-8-16-9-10-19(24-16)25(22,23)21-13-15-11-12-20-18-6-4-3-5-17(15)18/h3-6,9-12,14,21H,13H2,1-2H3. The van der Waals surface area contributed by atoms with Gasteiger partial charge < -0.3 is 0 Å². The highest BCUT2D eigenvalue weighted by Gasteiger charge is 2.16. The first-order valence-electron chi connectivity index (χ1n) is 7.89. The van der Waals surface area contributed by atoms with Crippen molar-refractivity contribution in [1.29, 1.82) is 0 Å². The van der Waals surface area contributed by atoms with Gasteiger partial charge in [-0.2, -0.15) is 0 Å². The number of pyridine rings is 1. The van der Waals surface area contributed by atoms with Gasteiger partial charge in [-0.25, -0.2) is 13.1 Å². The van der Waals surface area contributed by atoms with Gasteiger partial charge in [-0.15, -0.1) is 11.3 Å². The molecule has 0 aliphatic rings. The third kappa shape index (κ3) is 4.26. The summed E-state index contributed by atoms with van der Waals surface area (Å²) in [7, 11) is -3.56. The van der Waals surface area contributed by atoms with E-state index < -0.39 is 10.0 Å². The maximum atomic E-state index is 12.5. The molecule has 3 aromatic rings. The van der Waals surface area contributed by atoms with Crippen molar-refractivity contribution < 1.29 is 8.42 Å². The average molecular weight is 370 g/mol. The lowest BCUT2D eigenvalue weighted by Gasteiger charge is -2.07. The van der Waals surface area contributed by atoms with Crippen LogP contribution in [-0.4, -0.2) is 13.4 Å². The van der Waals surface area contributed by atoms with Gasteiger partial charge in [-0.1, -0.05) is 43.9 Å². The average Bonchev–Trinajstić information content (AvgIpc) is 3.08. The van der Waals surface area contributed by atoms with E-state index in [1.54, 1.807) is 18.3 Å². The van der Waals surface area contributed by atoms with Crippen molar-refractivity contribution in [2.24, 2.45) is 5.92 Å². The molecule has 0 unspecified atom stereocenters. The van der Waals surface area contributed by atoms with E-state index in [9.17, 15) is 8.42 Å². The van der Waals surface area contributed by atoms with Crippen LogP contribution in [0.25, 0.3) is 10.9 Å². The molecule has 1 aromatic carbocycles. The Kier molecular flexibility index (Phi) is 5.19. The summed E-state index contributed by atoms with van der Waals surface area (Å²) in [6.07, 6.45) is 1.69. The molecule has 0 bridgehead atoms. The molecule has 6 heteroatoms. The van der Waals surface area contributed by atoms with Crippen molar-refractivity contribution in [3.8, 4) is 11.8 Å². The van der Waals surface area contributed by atoms with Gasteiger partial charge in [0, 0.05) is 24.0 Å². The smallest absolute Gasteiger partial charge is 0.250 e. The molecule has 0 aliphatic heterocycles. The maximum absolute atomic E-state index is 12.5. The quantitative estimate of drug-likeness (QED) is 0.711. The van der Waals surface area contributed by atoms with Crippen molar-refractivity contribution in [3.05, 3.63) is 59.1 Å². The first-order valence-corrected chi connectivity index (χ1v) is 10.2. The zero-order valence-corrected chi connectivity index (χ0v) is 15.6. The third-order valence-electron chi connectivity index (χ3n) is 3.52. The normalized spacial score (nSPS) is 11.5. The predicted octanol–water partition coefficient (Wildman–Crippen LogP) is 3.78. The summed E-state index contributed by atoms with van der Waals surface area (Å²) in [6.45, 7) is 4.22. The van der Waals surface area contributed by atoms with E-state index >= 15 is 0 Å². The summed E-state index contributed by atoms with van der Waals surface area (Å²) >= 11 is 1.18. The summed E-state index contributed by atoms with van der Waals surface area (Å²) in [5, 5.41) is 0.947. The second-order valence-electron chi connectivity index (χ2n) is 5.85. The Bertz CT molecular complexity index is 1050. The maximum Gasteiger partial charge on any atom is 0.250 e. The lowest BCUT2D eigenvalue weighted by Crippen LogP contribution is -2.22. The molecule has 3 rings (SSSR count). The molecule has 0 amide bonds. The van der Waals surface area contributed by atoms with Gasteiger partial charge in [0.1, 0.15) is 4.21 Å². The number of aromatic nitrogens is 1. The summed E-state index contributed by atoms with van der Waals surface area (Å²) in [5.74, 6) is 6.30. The van der Waals surface area contributed by atoms with E-state index in [4.69, 9.17) is 0 Å². The molecule has 128 valence electrons. The van der Waals surface area contributed by atoms with Crippen molar-refractivity contribution >= 4 is 32.3 Å². The molecule has 0 aliphatic carbocycles. The van der Waals surface area contributed by atoms with Gasteiger partial charge in [0.05, 0.1) is 10.4 Å². The molecule has 0 spiro atoms. The summed E-state index contributed by atoms with van der Waals surface area (Å²) in [5.41, 5.74) is 1.74. The predicted molar refractivity (Wildman–Crippen MR) is 102 cm³/mol. The SMILES string of the molecule is CC(C)C#Cc1ccc(S(=O)(=O)NCc2ccnc3ccccc23)s1. The molecule has 2 aromatic heterocycles. The van der Waals surface area contributed by atoms with Crippen molar-refractivity contribution in [1.82, 2.24) is 9.71 Å². The number of nitrogens with zero attached hydrogens (tertiary/aromatic N) is 1. The van der Waals surface area contributed by atoms with Crippen LogP contribution < -0.4 is 4.72 Å². The number of hydrogen-bond donors (Lipinski definition) is 1. The zero-order valence-electron chi connectivity index (χ0n) is 14.0. The molecule has 0 saturated carbocycles. The summed E-state index contributed by atoms with van der Waals surface area (Å²) in [4.78, 5) is 5.05. The Hall–Kier alpha value is -2.20. The van der Waals surface area contributed by atoms with Crippen LogP contribution in [0.5, 0.6) is 0 Å². The van der Waals surface area contributed by atoms with Gasteiger partial charge in [-0.05, 0) is 29.8 Å². The van der Waals surface area contributed by atoms with Crippen molar-refractivity contribution in [3.63, 3.8) is 0 Å². The van der Waals surface area contributed by atoms with Crippen LogP contribution in [0.1, 0.15) is 24.3 Å². The number of rotatable bonds is 4. The number of thiophene rings is 1. The summed E-state index contributed by atoms with van der Waals surface area (Å²) < 4.78 is 28.0. The number of benzene rings is 1. The van der Waals surface area contributed by atoms with Crippen LogP contribution in [0.2, 0.25) is 0 Å². The van der Waals surface area contributed by atoms with Crippen LogP contribution >= 0.6 is 11.3 Å². The minimum Gasteiger partial charge on any atom is -0.256 e. The Balaban J connectivity index is 1.79. The number of nitrogens with one attached hydrogen (secondary N) is 1. The molecular weight excluding hydrogens is 352 g/mol. The lowest BCUT2D eigenvalue weighted by molar-refractivity contribution is 0.583. The van der Waals surface area contributed by atoms with Gasteiger partial charge in [-0.3, -0.25) is 4.98 Å². The van der Waals surface area contributed by atoms with Gasteiger partial charge >= 0.3 is 0 Å². The molecule has 2 heterocycles. The second kappa shape index (κ2) is 7.36. The molecule has 0 fully saturated rings. The minimum atomic E-state index is -3.56. The molecule has 1 N–H and O–H groups in total. The minimum absolute atomic E-state index is 0.219. The van der Waals surface area contributed by atoms with Gasteiger partial charge in [0.2, 0.25) is 10.0 Å². The highest BCUT2D eigenvalue weighted by molar-refractivity contribution is 7.91. The molecule has 0 saturated heterocycles. The monoisotopic (exact) mass is 370 g/mol. The van der Waals surface area contributed by atoms with Crippen LogP contribution in [0.4, 0.5) is 0 Å². The number of hydrogen-bond acceptors (Lipinski definition) is 4. The van der Waals surface area contributed by atoms with Crippen LogP contribution in [0, 0.1) is 17.8 Å². The molecule has 25 heavy (non-hydrogen) atoms. The number of fused-ring (bicyclic) bond motifs is 1. The van der Waals surface area contributed by atoms with Gasteiger partial charge in [0.15, 0.2) is 0 Å². The highest BCUT2D eigenvalue weighted by atomic mass is 32.2. The van der Waals surface area contributed by atoms with E-state index in [-0.39, 0.29) is 16.7 Å². The molecular formula is C19H18N2O2S2. The molecule has 0 radical (unpaired) electrons. The van der Waals surface area contributed by atoms with Gasteiger partial charge in [0.25, 0.3) is 0 Å². The lowest BCUT2D eigenvalue weighted by atomic mass is 10.1.